The van der Waals surface area contributed by atoms with E-state index in [9.17, 15) is 9.90 Å². The van der Waals surface area contributed by atoms with Gasteiger partial charge < -0.3 is 15.2 Å². The summed E-state index contributed by atoms with van der Waals surface area (Å²) in [5, 5.41) is 12.7. The van der Waals surface area contributed by atoms with E-state index < -0.39 is 5.60 Å². The summed E-state index contributed by atoms with van der Waals surface area (Å²) in [4.78, 5) is 11.2. The fraction of sp³-hybridized carbons (Fsp3) is 0.462. The quantitative estimate of drug-likeness (QED) is 0.759. The molecule has 4 heteroatoms. The van der Waals surface area contributed by atoms with Crippen molar-refractivity contribution in [1.82, 2.24) is 5.32 Å². The third-order valence-corrected chi connectivity index (χ3v) is 2.26. The number of hydrogen-bond donors (Lipinski definition) is 2. The second kappa shape index (κ2) is 5.80. The molecule has 0 aliphatic rings. The van der Waals surface area contributed by atoms with Gasteiger partial charge in [0.2, 0.25) is 0 Å². The van der Waals surface area contributed by atoms with Crippen molar-refractivity contribution in [3.63, 3.8) is 0 Å². The SMILES string of the molecule is COC(=O)c1ccc(CNCC(C)(C)O)cc1. The van der Waals surface area contributed by atoms with E-state index in [1.807, 2.05) is 12.1 Å². The molecule has 0 aliphatic heterocycles. The minimum atomic E-state index is -0.716. The smallest absolute Gasteiger partial charge is 0.337 e. The van der Waals surface area contributed by atoms with Gasteiger partial charge in [0, 0.05) is 13.1 Å². The maximum absolute atomic E-state index is 11.2. The Hall–Kier alpha value is -1.39. The number of carbonyl (C=O) groups is 1. The molecule has 2 N–H and O–H groups in total. The van der Waals surface area contributed by atoms with Gasteiger partial charge in [-0.15, -0.1) is 0 Å². The van der Waals surface area contributed by atoms with Crippen LogP contribution in [0.2, 0.25) is 0 Å². The van der Waals surface area contributed by atoms with Gasteiger partial charge in [0.1, 0.15) is 0 Å². The van der Waals surface area contributed by atoms with Crippen molar-refractivity contribution in [2.45, 2.75) is 26.0 Å². The van der Waals surface area contributed by atoms with Gasteiger partial charge in [-0.2, -0.15) is 0 Å². The Labute approximate surface area is 102 Å². The lowest BCUT2D eigenvalue weighted by Crippen LogP contribution is -2.34. The minimum Gasteiger partial charge on any atom is -0.465 e. The third kappa shape index (κ3) is 4.97. The van der Waals surface area contributed by atoms with E-state index in [0.29, 0.717) is 18.7 Å². The van der Waals surface area contributed by atoms with Crippen molar-refractivity contribution in [2.75, 3.05) is 13.7 Å². The topological polar surface area (TPSA) is 58.6 Å². The van der Waals surface area contributed by atoms with E-state index in [-0.39, 0.29) is 5.97 Å². The number of aliphatic hydroxyl groups is 1. The summed E-state index contributed by atoms with van der Waals surface area (Å²) in [6.45, 7) is 4.68. The Bertz CT molecular complexity index is 365. The summed E-state index contributed by atoms with van der Waals surface area (Å²) in [5.74, 6) is -0.332. The molecule has 0 saturated carbocycles. The van der Waals surface area contributed by atoms with Gasteiger partial charge in [-0.3, -0.25) is 0 Å². The predicted molar refractivity (Wildman–Crippen MR) is 65.8 cm³/mol. The molecule has 0 heterocycles. The number of carbonyl (C=O) groups excluding carboxylic acids is 1. The molecule has 0 amide bonds. The highest BCUT2D eigenvalue weighted by molar-refractivity contribution is 5.89. The predicted octanol–water partition coefficient (Wildman–Crippen LogP) is 1.33. The van der Waals surface area contributed by atoms with Crippen LogP contribution in [-0.4, -0.2) is 30.3 Å². The molecule has 0 saturated heterocycles. The molecule has 0 bridgehead atoms. The van der Waals surface area contributed by atoms with Gasteiger partial charge in [-0.25, -0.2) is 4.79 Å². The molecular weight excluding hydrogens is 218 g/mol. The zero-order valence-corrected chi connectivity index (χ0v) is 10.5. The van der Waals surface area contributed by atoms with Gasteiger partial charge in [-0.1, -0.05) is 12.1 Å². The molecule has 0 atom stereocenters. The first kappa shape index (κ1) is 13.7. The van der Waals surface area contributed by atoms with E-state index in [2.05, 4.69) is 10.1 Å². The molecule has 17 heavy (non-hydrogen) atoms. The van der Waals surface area contributed by atoms with Crippen molar-refractivity contribution < 1.29 is 14.6 Å². The lowest BCUT2D eigenvalue weighted by atomic mass is 10.1. The lowest BCUT2D eigenvalue weighted by molar-refractivity contribution is 0.0600. The van der Waals surface area contributed by atoms with Crippen LogP contribution in [0.4, 0.5) is 0 Å². The summed E-state index contributed by atoms with van der Waals surface area (Å²) < 4.78 is 4.61. The van der Waals surface area contributed by atoms with Gasteiger partial charge >= 0.3 is 5.97 Å². The van der Waals surface area contributed by atoms with Crippen molar-refractivity contribution in [1.29, 1.82) is 0 Å². The van der Waals surface area contributed by atoms with Crippen molar-refractivity contribution in [3.05, 3.63) is 35.4 Å². The maximum Gasteiger partial charge on any atom is 0.337 e. The van der Waals surface area contributed by atoms with E-state index in [0.717, 1.165) is 5.56 Å². The fourth-order valence-corrected chi connectivity index (χ4v) is 1.39. The molecule has 94 valence electrons. The van der Waals surface area contributed by atoms with E-state index >= 15 is 0 Å². The van der Waals surface area contributed by atoms with Crippen LogP contribution in [0.3, 0.4) is 0 Å². The minimum absolute atomic E-state index is 0.332. The monoisotopic (exact) mass is 237 g/mol. The number of methoxy groups -OCH3 is 1. The first-order chi connectivity index (χ1) is 7.92. The Morgan fingerprint density at radius 3 is 2.41 bits per heavy atom. The zero-order chi connectivity index (χ0) is 12.9. The standard InChI is InChI=1S/C13H19NO3/c1-13(2,16)9-14-8-10-4-6-11(7-5-10)12(15)17-3/h4-7,14,16H,8-9H2,1-3H3. The van der Waals surface area contributed by atoms with Gasteiger partial charge in [-0.05, 0) is 31.5 Å². The summed E-state index contributed by atoms with van der Waals surface area (Å²) >= 11 is 0. The molecule has 0 fully saturated rings. The molecule has 4 nitrogen and oxygen atoms in total. The molecule has 0 aromatic heterocycles. The number of benzene rings is 1. The number of ether oxygens (including phenoxy) is 1. The summed E-state index contributed by atoms with van der Waals surface area (Å²) in [7, 11) is 1.36. The highest BCUT2D eigenvalue weighted by Gasteiger charge is 2.11. The Morgan fingerprint density at radius 2 is 1.94 bits per heavy atom. The van der Waals surface area contributed by atoms with E-state index in [1.165, 1.54) is 7.11 Å². The molecule has 1 aromatic carbocycles. The molecule has 0 unspecified atom stereocenters. The second-order valence-electron chi connectivity index (χ2n) is 4.60. The van der Waals surface area contributed by atoms with Crippen LogP contribution in [0, 0.1) is 0 Å². The van der Waals surface area contributed by atoms with Crippen molar-refractivity contribution in [2.24, 2.45) is 0 Å². The Morgan fingerprint density at radius 1 is 1.35 bits per heavy atom. The summed E-state index contributed by atoms with van der Waals surface area (Å²) in [5.41, 5.74) is 0.882. The fourth-order valence-electron chi connectivity index (χ4n) is 1.39. The molecule has 1 aromatic rings. The molecular formula is C13H19NO3. The number of nitrogens with one attached hydrogen (secondary N) is 1. The number of rotatable bonds is 5. The zero-order valence-electron chi connectivity index (χ0n) is 10.5. The molecule has 0 spiro atoms. The van der Waals surface area contributed by atoms with Crippen LogP contribution in [-0.2, 0) is 11.3 Å². The van der Waals surface area contributed by atoms with Crippen LogP contribution < -0.4 is 5.32 Å². The molecule has 0 aliphatic carbocycles. The average Bonchev–Trinajstić information content (AvgIpc) is 2.27. The van der Waals surface area contributed by atoms with Gasteiger partial charge in [0.25, 0.3) is 0 Å². The van der Waals surface area contributed by atoms with E-state index in [1.54, 1.807) is 26.0 Å². The first-order valence-electron chi connectivity index (χ1n) is 5.53. The Kier molecular flexibility index (Phi) is 4.66. The third-order valence-electron chi connectivity index (χ3n) is 2.26. The van der Waals surface area contributed by atoms with Crippen LogP contribution in [0.1, 0.15) is 29.8 Å². The largest absolute Gasteiger partial charge is 0.465 e. The first-order valence-corrected chi connectivity index (χ1v) is 5.53. The van der Waals surface area contributed by atoms with E-state index in [4.69, 9.17) is 0 Å². The summed E-state index contributed by atoms with van der Waals surface area (Å²) in [6.07, 6.45) is 0. The molecule has 0 radical (unpaired) electrons. The van der Waals surface area contributed by atoms with Crippen LogP contribution in [0.25, 0.3) is 0 Å². The number of esters is 1. The maximum atomic E-state index is 11.2. The second-order valence-corrected chi connectivity index (χ2v) is 4.60. The van der Waals surface area contributed by atoms with Gasteiger partial charge in [0.05, 0.1) is 18.3 Å². The normalized spacial score (nSPS) is 11.3. The lowest BCUT2D eigenvalue weighted by Gasteiger charge is -2.17. The Balaban J connectivity index is 2.49. The van der Waals surface area contributed by atoms with Crippen LogP contribution >= 0.6 is 0 Å². The number of hydrogen-bond acceptors (Lipinski definition) is 4. The van der Waals surface area contributed by atoms with Crippen LogP contribution in [0.5, 0.6) is 0 Å². The van der Waals surface area contributed by atoms with Crippen molar-refractivity contribution >= 4 is 5.97 Å². The highest BCUT2D eigenvalue weighted by Crippen LogP contribution is 2.06. The summed E-state index contributed by atoms with van der Waals surface area (Å²) in [6, 6.07) is 7.19. The molecule has 1 rings (SSSR count). The average molecular weight is 237 g/mol. The van der Waals surface area contributed by atoms with Crippen molar-refractivity contribution in [3.8, 4) is 0 Å². The van der Waals surface area contributed by atoms with Gasteiger partial charge in [0.15, 0.2) is 0 Å². The van der Waals surface area contributed by atoms with Crippen LogP contribution in [0.15, 0.2) is 24.3 Å². The highest BCUT2D eigenvalue weighted by atomic mass is 16.5.